The number of rotatable bonds is 3. The Kier molecular flexibility index (Phi) is 4.65. The van der Waals surface area contributed by atoms with Crippen molar-refractivity contribution >= 4 is 41.2 Å². The third-order valence-corrected chi connectivity index (χ3v) is 5.98. The van der Waals surface area contributed by atoms with E-state index in [-0.39, 0.29) is 0 Å². The fraction of sp³-hybridized carbons (Fsp3) is 0.0714. The zero-order chi connectivity index (χ0) is 22.2. The van der Waals surface area contributed by atoms with Crippen molar-refractivity contribution in [2.45, 2.75) is 0 Å². The van der Waals surface area contributed by atoms with Crippen LogP contribution < -0.4 is 9.91 Å². The molecule has 4 aromatic rings. The zero-order valence-electron chi connectivity index (χ0n) is 18.3. The van der Waals surface area contributed by atoms with Gasteiger partial charge < -0.3 is 9.80 Å². The van der Waals surface area contributed by atoms with Crippen LogP contribution in [0.3, 0.4) is 0 Å². The Balaban J connectivity index is 1.53. The first-order valence-electron chi connectivity index (χ1n) is 11.0. The van der Waals surface area contributed by atoms with E-state index in [0.717, 1.165) is 46.2 Å². The van der Waals surface area contributed by atoms with Crippen molar-refractivity contribution in [2.75, 3.05) is 23.6 Å². The molecule has 1 aromatic heterocycles. The second kappa shape index (κ2) is 7.95. The van der Waals surface area contributed by atoms with Crippen molar-refractivity contribution in [3.05, 3.63) is 102 Å². The Bertz CT molecular complexity index is 1380. The molecule has 160 valence electrons. The van der Waals surface area contributed by atoms with Crippen LogP contribution in [0.4, 0.5) is 22.7 Å². The standard InChI is InChI=1S/C28H23N5/c1-31-19-30-32(20-31)24-15-14-22-13-12-21-7-2-3-11-27(21)33(28(22)18-24)25-9-6-8-23(17-25)26-10-4-5-16-29-26/h2-19H,20H2,1H3. The first-order chi connectivity index (χ1) is 16.3. The van der Waals surface area contributed by atoms with Crippen LogP contribution in [-0.4, -0.2) is 29.9 Å². The fourth-order valence-electron chi connectivity index (χ4n) is 4.37. The maximum Gasteiger partial charge on any atom is 0.113 e. The smallest absolute Gasteiger partial charge is 0.113 e. The molecule has 0 atom stereocenters. The number of para-hydroxylation sites is 1. The summed E-state index contributed by atoms with van der Waals surface area (Å²) in [7, 11) is 2.03. The van der Waals surface area contributed by atoms with Gasteiger partial charge in [0, 0.05) is 24.5 Å². The van der Waals surface area contributed by atoms with Gasteiger partial charge in [-0.3, -0.25) is 4.98 Å². The fourth-order valence-corrected chi connectivity index (χ4v) is 4.37. The van der Waals surface area contributed by atoms with Gasteiger partial charge in [0.2, 0.25) is 0 Å². The van der Waals surface area contributed by atoms with E-state index in [0.29, 0.717) is 0 Å². The molecule has 6 rings (SSSR count). The molecule has 2 aliphatic heterocycles. The summed E-state index contributed by atoms with van der Waals surface area (Å²) in [5, 5.41) is 6.56. The minimum Gasteiger partial charge on any atom is -0.345 e. The van der Waals surface area contributed by atoms with Crippen LogP contribution in [0.15, 0.2) is 96.2 Å². The Morgan fingerprint density at radius 2 is 1.58 bits per heavy atom. The normalized spacial score (nSPS) is 14.3. The van der Waals surface area contributed by atoms with Crippen LogP contribution in [0.5, 0.6) is 0 Å². The van der Waals surface area contributed by atoms with E-state index in [1.54, 1.807) is 0 Å². The predicted molar refractivity (Wildman–Crippen MR) is 137 cm³/mol. The molecule has 0 fully saturated rings. The average molecular weight is 430 g/mol. The Morgan fingerprint density at radius 3 is 2.39 bits per heavy atom. The Morgan fingerprint density at radius 1 is 0.727 bits per heavy atom. The highest BCUT2D eigenvalue weighted by Gasteiger charge is 2.22. The second-order valence-electron chi connectivity index (χ2n) is 8.26. The first-order valence-corrected chi connectivity index (χ1v) is 11.0. The third-order valence-electron chi connectivity index (χ3n) is 5.98. The molecule has 0 N–H and O–H groups in total. The Hall–Kier alpha value is -4.38. The molecule has 5 heteroatoms. The molecular formula is C28H23N5. The summed E-state index contributed by atoms with van der Waals surface area (Å²) in [5.41, 5.74) is 8.81. The SMILES string of the molecule is CN1C=NN(c2ccc3c(c2)N(c2cccc(-c4ccccn4)c2)c2ccccc2C=C3)C1. The molecule has 2 aliphatic rings. The van der Waals surface area contributed by atoms with Crippen LogP contribution in [0.25, 0.3) is 23.4 Å². The van der Waals surface area contributed by atoms with Gasteiger partial charge >= 0.3 is 0 Å². The van der Waals surface area contributed by atoms with Gasteiger partial charge in [-0.25, -0.2) is 5.01 Å². The number of fused-ring (bicyclic) bond motifs is 2. The van der Waals surface area contributed by atoms with E-state index in [9.17, 15) is 0 Å². The Labute approximate surface area is 193 Å². The molecule has 3 heterocycles. The lowest BCUT2D eigenvalue weighted by molar-refractivity contribution is 0.549. The molecule has 33 heavy (non-hydrogen) atoms. The first kappa shape index (κ1) is 19.3. The monoisotopic (exact) mass is 429 g/mol. The van der Waals surface area contributed by atoms with E-state index in [1.807, 2.05) is 42.8 Å². The van der Waals surface area contributed by atoms with Crippen LogP contribution in [0.2, 0.25) is 0 Å². The third kappa shape index (κ3) is 3.53. The summed E-state index contributed by atoms with van der Waals surface area (Å²) in [6.07, 6.45) is 8.08. The van der Waals surface area contributed by atoms with Crippen molar-refractivity contribution in [1.29, 1.82) is 0 Å². The summed E-state index contributed by atoms with van der Waals surface area (Å²) < 4.78 is 0. The quantitative estimate of drug-likeness (QED) is 0.334. The van der Waals surface area contributed by atoms with Crippen molar-refractivity contribution in [3.63, 3.8) is 0 Å². The van der Waals surface area contributed by atoms with Crippen LogP contribution >= 0.6 is 0 Å². The number of aromatic nitrogens is 1. The van der Waals surface area contributed by atoms with E-state index < -0.39 is 0 Å². The summed E-state index contributed by atoms with van der Waals surface area (Å²) in [6, 6.07) is 29.7. The van der Waals surface area contributed by atoms with E-state index >= 15 is 0 Å². The number of hydrazone groups is 1. The predicted octanol–water partition coefficient (Wildman–Crippen LogP) is 6.35. The van der Waals surface area contributed by atoms with Gasteiger partial charge in [-0.15, -0.1) is 0 Å². The minimum absolute atomic E-state index is 0.736. The van der Waals surface area contributed by atoms with Crippen molar-refractivity contribution in [2.24, 2.45) is 5.10 Å². The van der Waals surface area contributed by atoms with Crippen LogP contribution in [0.1, 0.15) is 11.1 Å². The second-order valence-corrected chi connectivity index (χ2v) is 8.26. The number of benzene rings is 3. The maximum absolute atomic E-state index is 4.56. The number of pyridine rings is 1. The lowest BCUT2D eigenvalue weighted by atomic mass is 10.1. The number of hydrogen-bond acceptors (Lipinski definition) is 5. The van der Waals surface area contributed by atoms with Gasteiger partial charge in [-0.2, -0.15) is 5.10 Å². The molecule has 3 aromatic carbocycles. The van der Waals surface area contributed by atoms with Crippen LogP contribution in [-0.2, 0) is 0 Å². The lowest BCUT2D eigenvalue weighted by Crippen LogP contribution is -2.23. The van der Waals surface area contributed by atoms with Crippen molar-refractivity contribution in [3.8, 4) is 11.3 Å². The van der Waals surface area contributed by atoms with Gasteiger partial charge in [-0.05, 0) is 53.6 Å². The number of anilines is 4. The van der Waals surface area contributed by atoms with Gasteiger partial charge in [-0.1, -0.05) is 54.6 Å². The summed E-state index contributed by atoms with van der Waals surface area (Å²) in [5.74, 6) is 0. The summed E-state index contributed by atoms with van der Waals surface area (Å²) in [6.45, 7) is 0.736. The summed E-state index contributed by atoms with van der Waals surface area (Å²) in [4.78, 5) is 8.96. The van der Waals surface area contributed by atoms with E-state index in [1.165, 1.54) is 5.56 Å². The van der Waals surface area contributed by atoms with Crippen molar-refractivity contribution in [1.82, 2.24) is 9.88 Å². The number of nitrogens with zero attached hydrogens (tertiary/aromatic N) is 5. The lowest BCUT2D eigenvalue weighted by Gasteiger charge is -2.28. The molecule has 5 nitrogen and oxygen atoms in total. The molecule has 0 radical (unpaired) electrons. The highest BCUT2D eigenvalue weighted by Crippen LogP contribution is 2.44. The molecule has 0 saturated heterocycles. The molecule has 0 amide bonds. The molecule has 0 bridgehead atoms. The maximum atomic E-state index is 4.56. The van der Waals surface area contributed by atoms with Crippen molar-refractivity contribution < 1.29 is 0 Å². The molecule has 0 saturated carbocycles. The number of hydrogen-bond donors (Lipinski definition) is 0. The largest absolute Gasteiger partial charge is 0.345 e. The molecule has 0 aliphatic carbocycles. The highest BCUT2D eigenvalue weighted by atomic mass is 15.6. The highest BCUT2D eigenvalue weighted by molar-refractivity contribution is 5.94. The van der Waals surface area contributed by atoms with Gasteiger partial charge in [0.15, 0.2) is 0 Å². The van der Waals surface area contributed by atoms with E-state index in [4.69, 9.17) is 0 Å². The average Bonchev–Trinajstić information content (AvgIpc) is 3.23. The minimum atomic E-state index is 0.736. The molecule has 0 spiro atoms. The zero-order valence-corrected chi connectivity index (χ0v) is 18.3. The topological polar surface area (TPSA) is 35.0 Å². The molecular weight excluding hydrogens is 406 g/mol. The van der Waals surface area contributed by atoms with Crippen LogP contribution in [0, 0.1) is 0 Å². The van der Waals surface area contributed by atoms with Gasteiger partial charge in [0.1, 0.15) is 13.0 Å². The van der Waals surface area contributed by atoms with Gasteiger partial charge in [0.25, 0.3) is 0 Å². The van der Waals surface area contributed by atoms with E-state index in [2.05, 4.69) is 98.8 Å². The molecule has 0 unspecified atom stereocenters. The summed E-state index contributed by atoms with van der Waals surface area (Å²) >= 11 is 0. The van der Waals surface area contributed by atoms with Gasteiger partial charge in [0.05, 0.1) is 22.8 Å².